The van der Waals surface area contributed by atoms with Gasteiger partial charge in [0.2, 0.25) is 0 Å². The highest BCUT2D eigenvalue weighted by Gasteiger charge is 2.14. The van der Waals surface area contributed by atoms with Crippen LogP contribution in [-0.4, -0.2) is 11.9 Å². The molecular formula is C28H21FO5. The summed E-state index contributed by atoms with van der Waals surface area (Å²) < 4.78 is 30.6. The Bertz CT molecular complexity index is 1460. The van der Waals surface area contributed by atoms with Crippen molar-refractivity contribution in [1.29, 1.82) is 0 Å². The lowest BCUT2D eigenvalue weighted by molar-refractivity contribution is -0.131. The number of hydrogen-bond donors (Lipinski definition) is 0. The van der Waals surface area contributed by atoms with Gasteiger partial charge < -0.3 is 13.9 Å². The molecule has 0 radical (unpaired) electrons. The number of hydrogen-bond acceptors (Lipinski definition) is 5. The van der Waals surface area contributed by atoms with E-state index in [1.165, 1.54) is 19.1 Å². The molecule has 1 heterocycles. The van der Waals surface area contributed by atoms with E-state index in [0.717, 1.165) is 16.3 Å². The SMILES string of the molecule is C=C(C)C(=O)Oc1ccc2cc(-c3ccc(-c4ccc(OC(=O)C(=C)C)c(F)c4)o3)ccc2c1. The van der Waals surface area contributed by atoms with Gasteiger partial charge in [0.05, 0.1) is 0 Å². The summed E-state index contributed by atoms with van der Waals surface area (Å²) in [6.45, 7) is 10.1. The van der Waals surface area contributed by atoms with Crippen LogP contribution in [0.25, 0.3) is 33.4 Å². The van der Waals surface area contributed by atoms with Gasteiger partial charge in [0.15, 0.2) is 11.6 Å². The summed E-state index contributed by atoms with van der Waals surface area (Å²) in [7, 11) is 0. The number of carbonyl (C=O) groups excluding carboxylic acids is 2. The third-order valence-electron chi connectivity index (χ3n) is 5.03. The van der Waals surface area contributed by atoms with Gasteiger partial charge in [-0.3, -0.25) is 0 Å². The molecule has 1 aromatic heterocycles. The molecule has 170 valence electrons. The highest BCUT2D eigenvalue weighted by atomic mass is 19.1. The summed E-state index contributed by atoms with van der Waals surface area (Å²) in [6, 6.07) is 18.9. The molecule has 0 aliphatic carbocycles. The predicted molar refractivity (Wildman–Crippen MR) is 128 cm³/mol. The van der Waals surface area contributed by atoms with Gasteiger partial charge in [-0.25, -0.2) is 14.0 Å². The molecule has 0 saturated heterocycles. The van der Waals surface area contributed by atoms with Crippen LogP contribution in [-0.2, 0) is 9.59 Å². The molecule has 0 atom stereocenters. The summed E-state index contributed by atoms with van der Waals surface area (Å²) in [5.41, 5.74) is 1.84. The highest BCUT2D eigenvalue weighted by Crippen LogP contribution is 2.33. The van der Waals surface area contributed by atoms with E-state index >= 15 is 0 Å². The molecule has 6 heteroatoms. The van der Waals surface area contributed by atoms with Crippen molar-refractivity contribution in [3.05, 3.63) is 96.9 Å². The van der Waals surface area contributed by atoms with Crippen molar-refractivity contribution in [1.82, 2.24) is 0 Å². The number of esters is 2. The number of fused-ring (bicyclic) bond motifs is 1. The molecule has 4 aromatic rings. The van der Waals surface area contributed by atoms with Crippen LogP contribution in [0.5, 0.6) is 11.5 Å². The molecule has 0 saturated carbocycles. The first-order valence-corrected chi connectivity index (χ1v) is 10.4. The molecular weight excluding hydrogens is 435 g/mol. The normalized spacial score (nSPS) is 10.7. The number of benzene rings is 3. The lowest BCUT2D eigenvalue weighted by atomic mass is 10.1. The first-order chi connectivity index (χ1) is 16.2. The first-order valence-electron chi connectivity index (χ1n) is 10.4. The molecule has 0 aliphatic heterocycles. The molecule has 4 rings (SSSR count). The monoisotopic (exact) mass is 456 g/mol. The van der Waals surface area contributed by atoms with Crippen molar-refractivity contribution in [3.63, 3.8) is 0 Å². The maximum atomic E-state index is 14.4. The molecule has 0 spiro atoms. The minimum absolute atomic E-state index is 0.175. The van der Waals surface area contributed by atoms with E-state index in [2.05, 4.69) is 13.2 Å². The van der Waals surface area contributed by atoms with Crippen LogP contribution in [0.15, 0.2) is 95.5 Å². The smallest absolute Gasteiger partial charge is 0.338 e. The van der Waals surface area contributed by atoms with Crippen molar-refractivity contribution in [2.24, 2.45) is 0 Å². The molecule has 0 bridgehead atoms. The average molecular weight is 456 g/mol. The van der Waals surface area contributed by atoms with E-state index in [1.54, 1.807) is 37.3 Å². The van der Waals surface area contributed by atoms with Gasteiger partial charge in [0.1, 0.15) is 17.3 Å². The minimum atomic E-state index is -0.690. The average Bonchev–Trinajstić information content (AvgIpc) is 3.30. The van der Waals surface area contributed by atoms with Crippen LogP contribution in [0.1, 0.15) is 13.8 Å². The van der Waals surface area contributed by atoms with Crippen molar-refractivity contribution >= 4 is 22.7 Å². The zero-order valence-electron chi connectivity index (χ0n) is 18.7. The van der Waals surface area contributed by atoms with Gasteiger partial charge in [-0.05, 0) is 73.2 Å². The Morgan fingerprint density at radius 3 is 1.94 bits per heavy atom. The standard InChI is InChI=1S/C28H21FO5/c1-16(2)27(30)32-22-9-7-18-13-20(6-5-19(18)14-22)24-11-12-25(33-24)21-8-10-26(23(29)15-21)34-28(31)17(3)4/h5-15H,1,3H2,2,4H3. The van der Waals surface area contributed by atoms with Crippen LogP contribution in [0.2, 0.25) is 0 Å². The van der Waals surface area contributed by atoms with Gasteiger partial charge in [0, 0.05) is 22.3 Å². The van der Waals surface area contributed by atoms with Gasteiger partial charge in [-0.2, -0.15) is 0 Å². The quantitative estimate of drug-likeness (QED) is 0.180. The number of ether oxygens (including phenoxy) is 2. The fourth-order valence-electron chi connectivity index (χ4n) is 3.21. The van der Waals surface area contributed by atoms with Gasteiger partial charge in [-0.15, -0.1) is 0 Å². The summed E-state index contributed by atoms with van der Waals surface area (Å²) in [4.78, 5) is 23.4. The van der Waals surface area contributed by atoms with Crippen LogP contribution < -0.4 is 9.47 Å². The van der Waals surface area contributed by atoms with Crippen LogP contribution >= 0.6 is 0 Å². The topological polar surface area (TPSA) is 65.7 Å². The van der Waals surface area contributed by atoms with Crippen molar-refractivity contribution < 1.29 is 27.9 Å². The fourth-order valence-corrected chi connectivity index (χ4v) is 3.21. The molecule has 0 unspecified atom stereocenters. The molecule has 0 aliphatic rings. The largest absolute Gasteiger partial charge is 0.456 e. The predicted octanol–water partition coefficient (Wildman–Crippen LogP) is 6.87. The summed E-state index contributed by atoms with van der Waals surface area (Å²) >= 11 is 0. The zero-order valence-corrected chi connectivity index (χ0v) is 18.7. The van der Waals surface area contributed by atoms with Crippen LogP contribution in [0.4, 0.5) is 4.39 Å². The summed E-state index contributed by atoms with van der Waals surface area (Å²) in [6.07, 6.45) is 0. The Kier molecular flexibility index (Phi) is 6.15. The Labute approximate surface area is 195 Å². The maximum absolute atomic E-state index is 14.4. The second kappa shape index (κ2) is 9.19. The Balaban J connectivity index is 1.56. The molecule has 34 heavy (non-hydrogen) atoms. The first kappa shape index (κ1) is 22.7. The third-order valence-corrected chi connectivity index (χ3v) is 5.03. The summed E-state index contributed by atoms with van der Waals surface area (Å²) in [5.74, 6) is -0.512. The van der Waals surface area contributed by atoms with Crippen molar-refractivity contribution in [2.75, 3.05) is 0 Å². The van der Waals surface area contributed by atoms with E-state index in [4.69, 9.17) is 13.9 Å². The zero-order chi connectivity index (χ0) is 24.4. The van der Waals surface area contributed by atoms with E-state index in [0.29, 0.717) is 28.4 Å². The third kappa shape index (κ3) is 4.81. The van der Waals surface area contributed by atoms with E-state index in [-0.39, 0.29) is 11.3 Å². The number of furan rings is 1. The second-order valence-corrected chi connectivity index (χ2v) is 7.87. The van der Waals surface area contributed by atoms with E-state index < -0.39 is 17.8 Å². The molecule has 0 fully saturated rings. The summed E-state index contributed by atoms with van der Waals surface area (Å²) in [5, 5.41) is 1.82. The fraction of sp³-hybridized carbons (Fsp3) is 0.0714. The van der Waals surface area contributed by atoms with Gasteiger partial charge >= 0.3 is 11.9 Å². The van der Waals surface area contributed by atoms with Crippen molar-refractivity contribution in [3.8, 4) is 34.1 Å². The lowest BCUT2D eigenvalue weighted by Crippen LogP contribution is -2.09. The minimum Gasteiger partial charge on any atom is -0.456 e. The molecule has 5 nitrogen and oxygen atoms in total. The van der Waals surface area contributed by atoms with E-state index in [1.807, 2.05) is 24.3 Å². The van der Waals surface area contributed by atoms with E-state index in [9.17, 15) is 14.0 Å². The Morgan fingerprint density at radius 1 is 0.735 bits per heavy atom. The second-order valence-electron chi connectivity index (χ2n) is 7.87. The number of rotatable bonds is 6. The molecule has 3 aromatic carbocycles. The molecule has 0 amide bonds. The van der Waals surface area contributed by atoms with Crippen LogP contribution in [0.3, 0.4) is 0 Å². The number of carbonyl (C=O) groups is 2. The van der Waals surface area contributed by atoms with Gasteiger partial charge in [-0.1, -0.05) is 31.4 Å². The lowest BCUT2D eigenvalue weighted by Gasteiger charge is -2.07. The van der Waals surface area contributed by atoms with Crippen molar-refractivity contribution in [2.45, 2.75) is 13.8 Å². The molecule has 0 N–H and O–H groups in total. The highest BCUT2D eigenvalue weighted by molar-refractivity contribution is 5.91. The Morgan fingerprint density at radius 2 is 1.29 bits per heavy atom. The maximum Gasteiger partial charge on any atom is 0.338 e. The van der Waals surface area contributed by atoms with Crippen LogP contribution in [0, 0.1) is 5.82 Å². The Hall–Kier alpha value is -4.45. The van der Waals surface area contributed by atoms with Gasteiger partial charge in [0.25, 0.3) is 0 Å². The number of halogens is 1.